The number of esters is 1. The molecule has 1 aromatic carbocycles. The third-order valence-corrected chi connectivity index (χ3v) is 4.89. The standard InChI is InChI=1S/C21H22N4O6/c1-2-31-21(28)11-17(15-4-3-8-22-13-15)23-19(26)12-20(27)24-9-7-14-5-6-16(25(29)30)10-18(14)24/h3-6,8,10,13,17H,2,7,9,11-12H2,1H3,(H,23,26). The second-order valence-electron chi connectivity index (χ2n) is 6.96. The first-order valence-corrected chi connectivity index (χ1v) is 9.81. The molecular formula is C21H22N4O6. The molecule has 0 saturated carbocycles. The number of aromatic nitrogens is 1. The Morgan fingerprint density at radius 3 is 2.81 bits per heavy atom. The lowest BCUT2D eigenvalue weighted by Crippen LogP contribution is -2.37. The van der Waals surface area contributed by atoms with Crippen molar-refractivity contribution in [2.24, 2.45) is 0 Å². The molecule has 1 aliphatic heterocycles. The summed E-state index contributed by atoms with van der Waals surface area (Å²) in [5.41, 5.74) is 1.75. The molecule has 162 valence electrons. The van der Waals surface area contributed by atoms with Crippen LogP contribution in [0.1, 0.15) is 36.9 Å². The number of nitro benzene ring substituents is 1. The Kier molecular flexibility index (Phi) is 6.91. The van der Waals surface area contributed by atoms with Gasteiger partial charge in [0.25, 0.3) is 5.69 Å². The third kappa shape index (κ3) is 5.41. The Bertz CT molecular complexity index is 995. The SMILES string of the molecule is CCOC(=O)CC(NC(=O)CC(=O)N1CCc2ccc([N+](=O)[O-])cc21)c1cccnc1. The van der Waals surface area contributed by atoms with Gasteiger partial charge in [-0.15, -0.1) is 0 Å². The molecule has 0 aliphatic carbocycles. The van der Waals surface area contributed by atoms with Gasteiger partial charge in [-0.1, -0.05) is 12.1 Å². The van der Waals surface area contributed by atoms with E-state index in [1.165, 1.54) is 23.2 Å². The lowest BCUT2D eigenvalue weighted by Gasteiger charge is -2.20. The number of non-ortho nitro benzene ring substituents is 1. The van der Waals surface area contributed by atoms with Crippen LogP contribution in [0.15, 0.2) is 42.7 Å². The number of nitrogens with one attached hydrogen (secondary N) is 1. The van der Waals surface area contributed by atoms with Gasteiger partial charge in [0.05, 0.1) is 29.7 Å². The fourth-order valence-electron chi connectivity index (χ4n) is 3.44. The molecule has 1 N–H and O–H groups in total. The summed E-state index contributed by atoms with van der Waals surface area (Å²) in [5.74, 6) is -1.52. The van der Waals surface area contributed by atoms with Crippen molar-refractivity contribution >= 4 is 29.2 Å². The van der Waals surface area contributed by atoms with E-state index in [0.717, 1.165) is 5.56 Å². The predicted molar refractivity (Wildman–Crippen MR) is 110 cm³/mol. The molecule has 0 fully saturated rings. The molecule has 0 saturated heterocycles. The molecule has 10 heteroatoms. The van der Waals surface area contributed by atoms with Gasteiger partial charge in [-0.2, -0.15) is 0 Å². The molecule has 0 radical (unpaired) electrons. The number of carbonyl (C=O) groups excluding carboxylic acids is 3. The molecule has 2 heterocycles. The maximum Gasteiger partial charge on any atom is 0.308 e. The molecule has 1 aliphatic rings. The fourth-order valence-corrected chi connectivity index (χ4v) is 3.44. The number of anilines is 1. The average molecular weight is 426 g/mol. The molecule has 0 bridgehead atoms. The molecule has 0 spiro atoms. The van der Waals surface area contributed by atoms with Crippen molar-refractivity contribution in [1.82, 2.24) is 10.3 Å². The first-order chi connectivity index (χ1) is 14.9. The van der Waals surface area contributed by atoms with Crippen LogP contribution in [0.4, 0.5) is 11.4 Å². The number of fused-ring (bicyclic) bond motifs is 1. The summed E-state index contributed by atoms with van der Waals surface area (Å²) in [6, 6.07) is 7.07. The normalized spacial score (nSPS) is 13.3. The van der Waals surface area contributed by atoms with E-state index in [2.05, 4.69) is 10.3 Å². The minimum Gasteiger partial charge on any atom is -0.466 e. The Morgan fingerprint density at radius 1 is 1.32 bits per heavy atom. The van der Waals surface area contributed by atoms with Crippen LogP contribution in [0.5, 0.6) is 0 Å². The molecule has 1 atom stereocenters. The van der Waals surface area contributed by atoms with Crippen LogP contribution in [0, 0.1) is 10.1 Å². The summed E-state index contributed by atoms with van der Waals surface area (Å²) < 4.78 is 4.97. The lowest BCUT2D eigenvalue weighted by atomic mass is 10.1. The Balaban J connectivity index is 1.69. The first kappa shape index (κ1) is 21.9. The summed E-state index contributed by atoms with van der Waals surface area (Å²) in [4.78, 5) is 53.2. The summed E-state index contributed by atoms with van der Waals surface area (Å²) in [5, 5.41) is 13.7. The molecule has 3 rings (SSSR count). The maximum absolute atomic E-state index is 12.7. The smallest absolute Gasteiger partial charge is 0.308 e. The van der Waals surface area contributed by atoms with Gasteiger partial charge in [-0.3, -0.25) is 29.5 Å². The van der Waals surface area contributed by atoms with Gasteiger partial charge in [-0.25, -0.2) is 0 Å². The molecule has 1 aromatic heterocycles. The zero-order chi connectivity index (χ0) is 22.4. The van der Waals surface area contributed by atoms with E-state index < -0.39 is 35.2 Å². The highest BCUT2D eigenvalue weighted by molar-refractivity contribution is 6.06. The summed E-state index contributed by atoms with van der Waals surface area (Å²) in [6.45, 7) is 2.25. The quantitative estimate of drug-likeness (QED) is 0.296. The monoisotopic (exact) mass is 426 g/mol. The molecular weight excluding hydrogens is 404 g/mol. The van der Waals surface area contributed by atoms with E-state index in [0.29, 0.717) is 24.2 Å². The highest BCUT2D eigenvalue weighted by Crippen LogP contribution is 2.32. The van der Waals surface area contributed by atoms with Crippen LogP contribution in [-0.4, -0.2) is 40.8 Å². The van der Waals surface area contributed by atoms with E-state index in [4.69, 9.17) is 4.74 Å². The van der Waals surface area contributed by atoms with Gasteiger partial charge in [0.1, 0.15) is 6.42 Å². The van der Waals surface area contributed by atoms with Crippen molar-refractivity contribution in [2.75, 3.05) is 18.1 Å². The first-order valence-electron chi connectivity index (χ1n) is 9.81. The number of rotatable bonds is 8. The zero-order valence-electron chi connectivity index (χ0n) is 16.9. The average Bonchev–Trinajstić information content (AvgIpc) is 3.17. The highest BCUT2D eigenvalue weighted by Gasteiger charge is 2.29. The minimum absolute atomic E-state index is 0.0990. The van der Waals surface area contributed by atoms with Crippen molar-refractivity contribution in [1.29, 1.82) is 0 Å². The van der Waals surface area contributed by atoms with E-state index in [-0.39, 0.29) is 18.7 Å². The number of nitro groups is 1. The van der Waals surface area contributed by atoms with E-state index >= 15 is 0 Å². The van der Waals surface area contributed by atoms with Gasteiger partial charge in [0.2, 0.25) is 11.8 Å². The zero-order valence-corrected chi connectivity index (χ0v) is 16.9. The van der Waals surface area contributed by atoms with Crippen LogP contribution in [0.2, 0.25) is 0 Å². The van der Waals surface area contributed by atoms with Gasteiger partial charge in [-0.05, 0) is 30.5 Å². The number of nitrogens with zero attached hydrogens (tertiary/aromatic N) is 3. The highest BCUT2D eigenvalue weighted by atomic mass is 16.6. The Morgan fingerprint density at radius 2 is 2.13 bits per heavy atom. The van der Waals surface area contributed by atoms with Crippen molar-refractivity contribution in [2.45, 2.75) is 32.2 Å². The van der Waals surface area contributed by atoms with Gasteiger partial charge in [0, 0.05) is 31.1 Å². The van der Waals surface area contributed by atoms with Gasteiger partial charge in [0.15, 0.2) is 0 Å². The maximum atomic E-state index is 12.7. The van der Waals surface area contributed by atoms with Crippen LogP contribution in [0.25, 0.3) is 0 Å². The predicted octanol–water partition coefficient (Wildman–Crippen LogP) is 2.08. The second kappa shape index (κ2) is 9.79. The molecule has 10 nitrogen and oxygen atoms in total. The van der Waals surface area contributed by atoms with Crippen molar-refractivity contribution < 1.29 is 24.0 Å². The number of amides is 2. The van der Waals surface area contributed by atoms with Crippen molar-refractivity contribution in [3.8, 4) is 0 Å². The van der Waals surface area contributed by atoms with Crippen LogP contribution >= 0.6 is 0 Å². The number of pyridine rings is 1. The number of carbonyl (C=O) groups is 3. The van der Waals surface area contributed by atoms with Crippen LogP contribution in [0.3, 0.4) is 0 Å². The summed E-state index contributed by atoms with van der Waals surface area (Å²) in [6.07, 6.45) is 3.10. The lowest BCUT2D eigenvalue weighted by molar-refractivity contribution is -0.384. The van der Waals surface area contributed by atoms with Gasteiger partial charge >= 0.3 is 5.97 Å². The Labute approximate surface area is 178 Å². The number of ether oxygens (including phenoxy) is 1. The minimum atomic E-state index is -0.694. The number of hydrogen-bond donors (Lipinski definition) is 1. The fraction of sp³-hybridized carbons (Fsp3) is 0.333. The van der Waals surface area contributed by atoms with Crippen LogP contribution in [-0.2, 0) is 25.5 Å². The second-order valence-corrected chi connectivity index (χ2v) is 6.96. The molecule has 2 amide bonds. The molecule has 31 heavy (non-hydrogen) atoms. The van der Waals surface area contributed by atoms with Gasteiger partial charge < -0.3 is 15.0 Å². The third-order valence-electron chi connectivity index (χ3n) is 4.89. The molecule has 1 unspecified atom stereocenters. The number of benzene rings is 1. The van der Waals surface area contributed by atoms with Crippen LogP contribution < -0.4 is 10.2 Å². The number of hydrogen-bond acceptors (Lipinski definition) is 7. The largest absolute Gasteiger partial charge is 0.466 e. The topological polar surface area (TPSA) is 132 Å². The Hall–Kier alpha value is -3.82. The summed E-state index contributed by atoms with van der Waals surface area (Å²) in [7, 11) is 0. The van der Waals surface area contributed by atoms with E-state index in [1.54, 1.807) is 31.3 Å². The van der Waals surface area contributed by atoms with Crippen molar-refractivity contribution in [3.05, 3.63) is 64.0 Å². The molecule has 2 aromatic rings. The van der Waals surface area contributed by atoms with E-state index in [9.17, 15) is 24.5 Å². The summed E-state index contributed by atoms with van der Waals surface area (Å²) >= 11 is 0. The van der Waals surface area contributed by atoms with Crippen molar-refractivity contribution in [3.63, 3.8) is 0 Å². The van der Waals surface area contributed by atoms with E-state index in [1.807, 2.05) is 0 Å².